The maximum Gasteiger partial charge on any atom is 0.0461 e. The van der Waals surface area contributed by atoms with Gasteiger partial charge in [-0.1, -0.05) is 12.1 Å². The minimum atomic E-state index is 0. The van der Waals surface area contributed by atoms with Gasteiger partial charge in [0, 0.05) is 59.5 Å². The summed E-state index contributed by atoms with van der Waals surface area (Å²) in [5.74, 6) is 0. The third-order valence-electron chi connectivity index (χ3n) is 1.55. The number of benzene rings is 1. The van der Waals surface area contributed by atoms with Gasteiger partial charge in [-0.2, -0.15) is 24.3 Å². The van der Waals surface area contributed by atoms with Crippen LogP contribution >= 0.6 is 15.8 Å². The van der Waals surface area contributed by atoms with Gasteiger partial charge in [0.1, 0.15) is 0 Å². The summed E-state index contributed by atoms with van der Waals surface area (Å²) < 4.78 is 0. The van der Waals surface area contributed by atoms with Crippen LogP contribution in [0.5, 0.6) is 0 Å². The maximum absolute atomic E-state index is 2.27. The van der Waals surface area contributed by atoms with E-state index in [0.717, 1.165) is 0 Å². The maximum atomic E-state index is 2.27. The zero-order valence-corrected chi connectivity index (χ0v) is 16.0. The van der Waals surface area contributed by atoms with Crippen LogP contribution < -0.4 is 0 Å². The predicted molar refractivity (Wildman–Crippen MR) is 90.8 cm³/mol. The monoisotopic (exact) mass is 372 g/mol. The van der Waals surface area contributed by atoms with Crippen LogP contribution in [0.3, 0.4) is 0 Å². The number of fused-ring (bicyclic) bond motifs is 1. The number of hydrogen-bond donors (Lipinski definition) is 0. The Labute approximate surface area is 129 Å². The third kappa shape index (κ3) is 12.8. The fraction of sp³-hybridized carbons (Fsp3) is 0.400. The molecule has 0 amide bonds. The van der Waals surface area contributed by atoms with Crippen molar-refractivity contribution in [1.82, 2.24) is 0 Å². The van der Waals surface area contributed by atoms with Crippen molar-refractivity contribution in [2.75, 3.05) is 40.0 Å². The molecule has 0 saturated heterocycles. The topological polar surface area (TPSA) is 0 Å². The molecule has 2 aliphatic carbocycles. The van der Waals surface area contributed by atoms with E-state index < -0.39 is 0 Å². The molecule has 0 N–H and O–H groups in total. The van der Waals surface area contributed by atoms with E-state index in [1.54, 1.807) is 0 Å². The molecule has 1 radical (unpaired) electrons. The van der Waals surface area contributed by atoms with Crippen LogP contribution in [0.4, 0.5) is 0 Å². The van der Waals surface area contributed by atoms with Crippen LogP contribution in [-0.2, 0) is 19.5 Å². The molecule has 105 valence electrons. The minimum Gasteiger partial charge on any atom is -0.172 e. The van der Waals surface area contributed by atoms with Crippen molar-refractivity contribution in [2.24, 2.45) is 0 Å². The fourth-order valence-electron chi connectivity index (χ4n) is 1.07. The van der Waals surface area contributed by atoms with Crippen molar-refractivity contribution >= 4 is 15.8 Å². The van der Waals surface area contributed by atoms with Gasteiger partial charge in [-0.15, -0.1) is 17.2 Å². The van der Waals surface area contributed by atoms with Crippen molar-refractivity contribution < 1.29 is 19.5 Å². The number of hydrogen-bond acceptors (Lipinski definition) is 0. The summed E-state index contributed by atoms with van der Waals surface area (Å²) in [6.45, 7) is 13.6. The van der Waals surface area contributed by atoms with Gasteiger partial charge < -0.3 is 0 Å². The Hall–Kier alpha value is 0.313. The van der Waals surface area contributed by atoms with Gasteiger partial charge in [0.25, 0.3) is 0 Å². The summed E-state index contributed by atoms with van der Waals surface area (Å²) in [6, 6.07) is 14.7. The molecule has 0 nitrogen and oxygen atoms in total. The molecule has 0 spiro atoms. The van der Waals surface area contributed by atoms with E-state index >= 15 is 0 Å². The first-order chi connectivity index (χ1) is 7.93. The van der Waals surface area contributed by atoms with Crippen molar-refractivity contribution in [2.45, 2.75) is 0 Å². The summed E-state index contributed by atoms with van der Waals surface area (Å²) in [7, 11) is 0.241. The smallest absolute Gasteiger partial charge is 0.0461 e. The second kappa shape index (κ2) is 12.4. The van der Waals surface area contributed by atoms with Crippen molar-refractivity contribution in [3.05, 3.63) is 42.5 Å². The van der Waals surface area contributed by atoms with E-state index in [9.17, 15) is 0 Å². The summed E-state index contributed by atoms with van der Waals surface area (Å²) in [5, 5.41) is 0. The predicted octanol–water partition coefficient (Wildman–Crippen LogP) is 4.69. The zero-order chi connectivity index (χ0) is 13.3. The van der Waals surface area contributed by atoms with Crippen molar-refractivity contribution in [1.29, 1.82) is 0 Å². The molecule has 2 rings (SSSR count). The van der Waals surface area contributed by atoms with Crippen LogP contribution in [0.15, 0.2) is 42.5 Å². The van der Waals surface area contributed by atoms with Gasteiger partial charge in [-0.25, -0.2) is 0 Å². The first-order valence-corrected chi connectivity index (χ1v) is 12.1. The van der Waals surface area contributed by atoms with E-state index in [-0.39, 0.29) is 35.3 Å². The quantitative estimate of drug-likeness (QED) is 0.358. The van der Waals surface area contributed by atoms with Crippen LogP contribution in [0.25, 0.3) is 11.1 Å². The molecule has 0 aromatic rings. The largest absolute Gasteiger partial charge is 0.172 e. The van der Waals surface area contributed by atoms with E-state index in [1.807, 2.05) is 0 Å². The Morgan fingerprint density at radius 2 is 1.22 bits per heavy atom. The molecule has 0 bridgehead atoms. The van der Waals surface area contributed by atoms with Gasteiger partial charge >= 0.3 is 0 Å². The number of rotatable bonds is 0. The Bertz CT molecular complexity index is 317. The Kier molecular flexibility index (Phi) is 14.2. The zero-order valence-electron chi connectivity index (χ0n) is 12.4. The minimum absolute atomic E-state index is 0. The van der Waals surface area contributed by atoms with Crippen LogP contribution in [-0.4, -0.2) is 40.0 Å². The Balaban J connectivity index is 0. The van der Waals surface area contributed by atoms with Gasteiger partial charge in [-0.3, -0.25) is 0 Å². The standard InChI is InChI=1S/C9H7.2C3H9P.Rh/c1-2-5-9-7-3-6-8(9)4-1;2*1-4(2)3;/h1-7H;2*1-3H3;/q-1;;;/p+2. The molecule has 0 heterocycles. The fourth-order valence-corrected chi connectivity index (χ4v) is 1.07. The molecule has 0 saturated carbocycles. The second-order valence-corrected chi connectivity index (χ2v) is 11.2. The first kappa shape index (κ1) is 20.6. The second-order valence-electron chi connectivity index (χ2n) is 5.15. The van der Waals surface area contributed by atoms with Crippen LogP contribution in [0.1, 0.15) is 0 Å². The first-order valence-electron chi connectivity index (χ1n) is 6.07. The Morgan fingerprint density at radius 3 is 1.67 bits per heavy atom. The van der Waals surface area contributed by atoms with E-state index in [1.165, 1.54) is 11.1 Å². The summed E-state index contributed by atoms with van der Waals surface area (Å²) in [4.78, 5) is 0. The normalized spacial score (nSPS) is 9.11. The summed E-state index contributed by atoms with van der Waals surface area (Å²) in [6.07, 6.45) is 0. The molecular formula is C15H27P2Rh+. The van der Waals surface area contributed by atoms with E-state index in [0.29, 0.717) is 0 Å². The van der Waals surface area contributed by atoms with Gasteiger partial charge in [0.15, 0.2) is 0 Å². The molecule has 0 fully saturated rings. The molecule has 0 aromatic heterocycles. The van der Waals surface area contributed by atoms with Crippen LogP contribution in [0, 0.1) is 0 Å². The SMILES string of the molecule is C[PH+](C)C.C[PH+](C)C.[Rh].c1cc2cc[cH-]cc-2c1. The molecule has 0 aromatic carbocycles. The van der Waals surface area contributed by atoms with Gasteiger partial charge in [-0.05, 0) is 15.8 Å². The Morgan fingerprint density at radius 1 is 0.778 bits per heavy atom. The third-order valence-corrected chi connectivity index (χ3v) is 1.55. The molecular weight excluding hydrogens is 345 g/mol. The molecule has 3 heteroatoms. The average Bonchev–Trinajstić information content (AvgIpc) is 2.62. The summed E-state index contributed by atoms with van der Waals surface area (Å²) in [5.41, 5.74) is 2.66. The van der Waals surface area contributed by atoms with Crippen molar-refractivity contribution in [3.8, 4) is 11.1 Å². The van der Waals surface area contributed by atoms with Crippen LogP contribution in [0.2, 0.25) is 0 Å². The molecule has 0 unspecified atom stereocenters. The molecule has 0 atom stereocenters. The molecule has 18 heavy (non-hydrogen) atoms. The average molecular weight is 372 g/mol. The van der Waals surface area contributed by atoms with E-state index in [2.05, 4.69) is 82.5 Å². The van der Waals surface area contributed by atoms with Gasteiger partial charge in [0.05, 0.1) is 0 Å². The van der Waals surface area contributed by atoms with Gasteiger partial charge in [0.2, 0.25) is 0 Å². The van der Waals surface area contributed by atoms with Crippen molar-refractivity contribution in [3.63, 3.8) is 0 Å². The molecule has 0 aliphatic heterocycles. The van der Waals surface area contributed by atoms with E-state index in [4.69, 9.17) is 0 Å². The summed E-state index contributed by atoms with van der Waals surface area (Å²) >= 11 is 0. The molecule has 2 aliphatic rings.